The summed E-state index contributed by atoms with van der Waals surface area (Å²) in [6.07, 6.45) is 3.11. The Labute approximate surface area is 144 Å². The molecule has 2 N–H and O–H groups in total. The minimum Gasteiger partial charge on any atom is -0.326 e. The fraction of sp³-hybridized carbons (Fsp3) is 0.176. The Morgan fingerprint density at radius 3 is 2.58 bits per heavy atom. The monoisotopic (exact) mass is 344 g/mol. The van der Waals surface area contributed by atoms with Crippen molar-refractivity contribution in [2.75, 3.05) is 5.32 Å². The number of anilines is 1. The molecule has 6 nitrogen and oxygen atoms in total. The summed E-state index contributed by atoms with van der Waals surface area (Å²) in [5.41, 5.74) is 4.91. The molecule has 24 heavy (non-hydrogen) atoms. The number of hydrogen-bond donors (Lipinski definition) is 2. The molecule has 1 aromatic heterocycles. The van der Waals surface area contributed by atoms with Crippen LogP contribution in [0.25, 0.3) is 0 Å². The molecule has 0 saturated heterocycles. The van der Waals surface area contributed by atoms with Crippen LogP contribution in [0.5, 0.6) is 0 Å². The number of nitrogens with zero attached hydrogens (tertiary/aromatic N) is 2. The van der Waals surface area contributed by atoms with E-state index in [-0.39, 0.29) is 18.2 Å². The van der Waals surface area contributed by atoms with Gasteiger partial charge < -0.3 is 5.32 Å². The standard InChI is InChI=1S/C17H17ClN4O2/c1-11-9-14(18)3-4-15(11)20-16(23)10-12(2)21-22-17(24)13-5-7-19-8-6-13/h3-9H,10H2,1-2H3,(H,20,23)(H,22,24)/b21-12+. The zero-order valence-corrected chi connectivity index (χ0v) is 14.1. The molecule has 2 amide bonds. The van der Waals surface area contributed by atoms with E-state index in [1.54, 1.807) is 37.3 Å². The molecular weight excluding hydrogens is 328 g/mol. The van der Waals surface area contributed by atoms with Crippen molar-refractivity contribution in [2.45, 2.75) is 20.3 Å². The Bertz CT molecular complexity index is 775. The summed E-state index contributed by atoms with van der Waals surface area (Å²) in [5, 5.41) is 7.33. The van der Waals surface area contributed by atoms with Crippen molar-refractivity contribution in [3.05, 3.63) is 58.9 Å². The fourth-order valence-corrected chi connectivity index (χ4v) is 2.17. The molecule has 7 heteroatoms. The molecule has 124 valence electrons. The summed E-state index contributed by atoms with van der Waals surface area (Å²) >= 11 is 5.88. The van der Waals surface area contributed by atoms with E-state index in [0.29, 0.717) is 22.0 Å². The van der Waals surface area contributed by atoms with Crippen molar-refractivity contribution in [1.82, 2.24) is 10.4 Å². The number of pyridine rings is 1. The van der Waals surface area contributed by atoms with Gasteiger partial charge in [0.25, 0.3) is 5.91 Å². The molecule has 1 heterocycles. The molecule has 0 bridgehead atoms. The van der Waals surface area contributed by atoms with Crippen LogP contribution in [-0.4, -0.2) is 22.5 Å². The molecule has 2 rings (SSSR count). The maximum atomic E-state index is 12.0. The molecule has 0 atom stereocenters. The molecule has 1 aromatic carbocycles. The Morgan fingerprint density at radius 2 is 1.92 bits per heavy atom. The second-order valence-corrected chi connectivity index (χ2v) is 5.64. The van der Waals surface area contributed by atoms with E-state index in [9.17, 15) is 9.59 Å². The van der Waals surface area contributed by atoms with Crippen molar-refractivity contribution in [3.8, 4) is 0 Å². The summed E-state index contributed by atoms with van der Waals surface area (Å²) in [4.78, 5) is 27.7. The highest BCUT2D eigenvalue weighted by atomic mass is 35.5. The molecule has 2 aromatic rings. The highest BCUT2D eigenvalue weighted by Gasteiger charge is 2.08. The van der Waals surface area contributed by atoms with Crippen LogP contribution in [0, 0.1) is 6.92 Å². The number of carbonyl (C=O) groups is 2. The first kappa shape index (κ1) is 17.6. The SMILES string of the molecule is C/C(CC(=O)Nc1ccc(Cl)cc1C)=N\NC(=O)c1ccncc1. The Hall–Kier alpha value is -2.73. The molecule has 0 unspecified atom stereocenters. The first-order chi connectivity index (χ1) is 11.5. The van der Waals surface area contributed by atoms with E-state index >= 15 is 0 Å². The average molecular weight is 345 g/mol. The van der Waals surface area contributed by atoms with Crippen molar-refractivity contribution >= 4 is 34.8 Å². The smallest absolute Gasteiger partial charge is 0.271 e. The van der Waals surface area contributed by atoms with Gasteiger partial charge in [-0.2, -0.15) is 5.10 Å². The minimum atomic E-state index is -0.356. The third-order valence-corrected chi connectivity index (χ3v) is 3.40. The van der Waals surface area contributed by atoms with Crippen LogP contribution in [0.1, 0.15) is 29.3 Å². The van der Waals surface area contributed by atoms with Crippen LogP contribution in [0.4, 0.5) is 5.69 Å². The van der Waals surface area contributed by atoms with Gasteiger partial charge in [-0.3, -0.25) is 14.6 Å². The lowest BCUT2D eigenvalue weighted by molar-refractivity contribution is -0.115. The van der Waals surface area contributed by atoms with E-state index in [4.69, 9.17) is 11.6 Å². The van der Waals surface area contributed by atoms with Gasteiger partial charge in [0.05, 0.1) is 6.42 Å². The highest BCUT2D eigenvalue weighted by Crippen LogP contribution is 2.19. The number of benzene rings is 1. The zero-order chi connectivity index (χ0) is 17.5. The predicted molar refractivity (Wildman–Crippen MR) is 94.2 cm³/mol. The highest BCUT2D eigenvalue weighted by molar-refractivity contribution is 6.30. The van der Waals surface area contributed by atoms with Gasteiger partial charge in [-0.25, -0.2) is 5.43 Å². The van der Waals surface area contributed by atoms with Gasteiger partial charge in [-0.05, 0) is 49.7 Å². The number of aromatic nitrogens is 1. The van der Waals surface area contributed by atoms with Crippen molar-refractivity contribution in [1.29, 1.82) is 0 Å². The largest absolute Gasteiger partial charge is 0.326 e. The maximum Gasteiger partial charge on any atom is 0.271 e. The third kappa shape index (κ3) is 5.17. The van der Waals surface area contributed by atoms with Crippen LogP contribution in [0.3, 0.4) is 0 Å². The number of hydrazone groups is 1. The first-order valence-electron chi connectivity index (χ1n) is 7.25. The lowest BCUT2D eigenvalue weighted by Crippen LogP contribution is -2.21. The number of nitrogens with one attached hydrogen (secondary N) is 2. The molecule has 0 aliphatic rings. The van der Waals surface area contributed by atoms with Gasteiger partial charge in [-0.15, -0.1) is 0 Å². The Morgan fingerprint density at radius 1 is 1.21 bits per heavy atom. The summed E-state index contributed by atoms with van der Waals surface area (Å²) in [5.74, 6) is -0.578. The molecule has 0 radical (unpaired) electrons. The van der Waals surface area contributed by atoms with E-state index in [2.05, 4.69) is 20.8 Å². The zero-order valence-electron chi connectivity index (χ0n) is 13.3. The average Bonchev–Trinajstić information content (AvgIpc) is 2.56. The van der Waals surface area contributed by atoms with Gasteiger partial charge in [-0.1, -0.05) is 11.6 Å². The second kappa shape index (κ2) is 8.21. The quantitative estimate of drug-likeness (QED) is 0.645. The summed E-state index contributed by atoms with van der Waals surface area (Å²) < 4.78 is 0. The van der Waals surface area contributed by atoms with Crippen LogP contribution in [0.15, 0.2) is 47.8 Å². The van der Waals surface area contributed by atoms with E-state index < -0.39 is 0 Å². The van der Waals surface area contributed by atoms with Crippen LogP contribution in [-0.2, 0) is 4.79 Å². The van der Waals surface area contributed by atoms with Crippen molar-refractivity contribution in [3.63, 3.8) is 0 Å². The minimum absolute atomic E-state index is 0.0681. The van der Waals surface area contributed by atoms with Crippen LogP contribution in [0.2, 0.25) is 5.02 Å². The topological polar surface area (TPSA) is 83.5 Å². The van der Waals surface area contributed by atoms with Gasteiger partial charge in [0.2, 0.25) is 5.91 Å². The molecule has 0 aliphatic heterocycles. The van der Waals surface area contributed by atoms with Gasteiger partial charge in [0.1, 0.15) is 0 Å². The third-order valence-electron chi connectivity index (χ3n) is 3.17. The second-order valence-electron chi connectivity index (χ2n) is 5.21. The Kier molecular flexibility index (Phi) is 6.03. The number of rotatable bonds is 5. The lowest BCUT2D eigenvalue weighted by Gasteiger charge is -2.08. The van der Waals surface area contributed by atoms with Crippen LogP contribution >= 0.6 is 11.6 Å². The summed E-state index contributed by atoms with van der Waals surface area (Å²) in [6.45, 7) is 3.53. The molecular formula is C17H17ClN4O2. The Balaban J connectivity index is 1.90. The molecule has 0 spiro atoms. The number of carbonyl (C=O) groups excluding carboxylic acids is 2. The normalized spacial score (nSPS) is 11.0. The van der Waals surface area contributed by atoms with E-state index in [0.717, 1.165) is 5.56 Å². The van der Waals surface area contributed by atoms with E-state index in [1.807, 2.05) is 6.92 Å². The van der Waals surface area contributed by atoms with Crippen molar-refractivity contribution in [2.24, 2.45) is 5.10 Å². The first-order valence-corrected chi connectivity index (χ1v) is 7.63. The number of hydrogen-bond acceptors (Lipinski definition) is 4. The molecule has 0 saturated carbocycles. The number of aryl methyl sites for hydroxylation is 1. The van der Waals surface area contributed by atoms with Gasteiger partial charge >= 0.3 is 0 Å². The maximum absolute atomic E-state index is 12.0. The van der Waals surface area contributed by atoms with Crippen LogP contribution < -0.4 is 10.7 Å². The van der Waals surface area contributed by atoms with Gasteiger partial charge in [0, 0.05) is 34.4 Å². The molecule has 0 aliphatic carbocycles. The fourth-order valence-electron chi connectivity index (χ4n) is 1.95. The summed E-state index contributed by atoms with van der Waals surface area (Å²) in [6, 6.07) is 8.38. The lowest BCUT2D eigenvalue weighted by atomic mass is 10.2. The summed E-state index contributed by atoms with van der Waals surface area (Å²) in [7, 11) is 0. The predicted octanol–water partition coefficient (Wildman–Crippen LogP) is 3.18. The van der Waals surface area contributed by atoms with E-state index in [1.165, 1.54) is 12.4 Å². The molecule has 0 fully saturated rings. The van der Waals surface area contributed by atoms with Crippen molar-refractivity contribution < 1.29 is 9.59 Å². The number of amides is 2. The van der Waals surface area contributed by atoms with Gasteiger partial charge in [0.15, 0.2) is 0 Å². The number of halogens is 1.